The Morgan fingerprint density at radius 1 is 0.429 bits per heavy atom. The lowest BCUT2D eigenvalue weighted by Gasteiger charge is -2.09. The van der Waals surface area contributed by atoms with E-state index >= 15 is 0 Å². The van der Waals surface area contributed by atoms with Gasteiger partial charge in [0.2, 0.25) is 0 Å². The monoisotopic (exact) mass is 452 g/mol. The summed E-state index contributed by atoms with van der Waals surface area (Å²) in [5.74, 6) is 0. The summed E-state index contributed by atoms with van der Waals surface area (Å²) in [7, 11) is 2.15. The number of hydrogen-bond acceptors (Lipinski definition) is 0. The van der Waals surface area contributed by atoms with Crippen molar-refractivity contribution in [2.45, 2.75) is 13.8 Å². The number of hydrogen-bond donors (Lipinski definition) is 0. The average molecular weight is 453 g/mol. The Kier molecular flexibility index (Phi) is 5.15. The molecule has 0 aliphatic rings. The molecule has 0 atom stereocenters. The van der Waals surface area contributed by atoms with E-state index in [1.54, 1.807) is 0 Å². The van der Waals surface area contributed by atoms with Crippen molar-refractivity contribution in [3.8, 4) is 16.8 Å². The molecular formula is C33H28N2. The highest BCUT2D eigenvalue weighted by Gasteiger charge is 2.14. The number of aryl methyl sites for hydroxylation is 1. The molecule has 7 aromatic rings. The third kappa shape index (κ3) is 3.25. The second kappa shape index (κ2) is 8.48. The molecule has 0 aliphatic heterocycles. The lowest BCUT2D eigenvalue weighted by molar-refractivity contribution is 1.01. The highest BCUT2D eigenvalue weighted by Crippen LogP contribution is 2.36. The molecule has 35 heavy (non-hydrogen) atoms. The Balaban J connectivity index is 0.00000112. The van der Waals surface area contributed by atoms with Crippen LogP contribution in [0.25, 0.3) is 60.4 Å². The fraction of sp³-hybridized carbons (Fsp3) is 0.0909. The van der Waals surface area contributed by atoms with Gasteiger partial charge in [-0.15, -0.1) is 0 Å². The first-order valence-corrected chi connectivity index (χ1v) is 12.4. The molecule has 0 N–H and O–H groups in total. The molecule has 2 heterocycles. The topological polar surface area (TPSA) is 9.86 Å². The zero-order valence-corrected chi connectivity index (χ0v) is 20.4. The second-order valence-electron chi connectivity index (χ2n) is 8.73. The van der Waals surface area contributed by atoms with Crippen LogP contribution in [0.3, 0.4) is 0 Å². The fourth-order valence-electron chi connectivity index (χ4n) is 5.35. The maximum absolute atomic E-state index is 2.38. The fourth-order valence-corrected chi connectivity index (χ4v) is 5.35. The van der Waals surface area contributed by atoms with Crippen LogP contribution in [0.15, 0.2) is 115 Å². The first-order valence-electron chi connectivity index (χ1n) is 12.4. The van der Waals surface area contributed by atoms with Crippen LogP contribution in [-0.2, 0) is 7.05 Å². The lowest BCUT2D eigenvalue weighted by atomic mass is 10.0. The molecule has 0 fully saturated rings. The third-order valence-corrected chi connectivity index (χ3v) is 6.93. The van der Waals surface area contributed by atoms with Crippen LogP contribution in [-0.4, -0.2) is 9.13 Å². The smallest absolute Gasteiger partial charge is 0.0547 e. The molecule has 0 spiro atoms. The summed E-state index contributed by atoms with van der Waals surface area (Å²) in [6, 6.07) is 41.7. The van der Waals surface area contributed by atoms with Gasteiger partial charge in [-0.1, -0.05) is 86.6 Å². The van der Waals surface area contributed by atoms with Crippen LogP contribution in [0.4, 0.5) is 0 Å². The van der Waals surface area contributed by atoms with E-state index in [0.29, 0.717) is 0 Å². The van der Waals surface area contributed by atoms with E-state index in [1.807, 2.05) is 13.8 Å². The van der Waals surface area contributed by atoms with E-state index in [9.17, 15) is 0 Å². The first kappa shape index (κ1) is 21.2. The van der Waals surface area contributed by atoms with Crippen LogP contribution in [0.2, 0.25) is 0 Å². The number of fused-ring (bicyclic) bond motifs is 6. The quantitative estimate of drug-likeness (QED) is 0.247. The van der Waals surface area contributed by atoms with E-state index in [-0.39, 0.29) is 0 Å². The summed E-state index contributed by atoms with van der Waals surface area (Å²) in [6.07, 6.45) is 0. The van der Waals surface area contributed by atoms with Gasteiger partial charge in [-0.2, -0.15) is 0 Å². The first-order chi connectivity index (χ1) is 17.3. The summed E-state index contributed by atoms with van der Waals surface area (Å²) < 4.78 is 4.66. The van der Waals surface area contributed by atoms with E-state index < -0.39 is 0 Å². The molecule has 0 saturated carbocycles. The molecule has 0 aliphatic carbocycles. The molecule has 170 valence electrons. The Morgan fingerprint density at radius 2 is 0.971 bits per heavy atom. The van der Waals surface area contributed by atoms with Crippen molar-refractivity contribution in [3.05, 3.63) is 115 Å². The highest BCUT2D eigenvalue weighted by molar-refractivity contribution is 6.11. The lowest BCUT2D eigenvalue weighted by Crippen LogP contribution is -1.93. The summed E-state index contributed by atoms with van der Waals surface area (Å²) in [4.78, 5) is 0. The molecule has 2 aromatic heterocycles. The predicted molar refractivity (Wildman–Crippen MR) is 152 cm³/mol. The number of para-hydroxylation sites is 3. The van der Waals surface area contributed by atoms with Gasteiger partial charge in [-0.3, -0.25) is 0 Å². The van der Waals surface area contributed by atoms with Crippen LogP contribution in [0, 0.1) is 0 Å². The minimum Gasteiger partial charge on any atom is -0.344 e. The van der Waals surface area contributed by atoms with E-state index in [0.717, 1.165) is 0 Å². The van der Waals surface area contributed by atoms with Crippen molar-refractivity contribution in [1.82, 2.24) is 9.13 Å². The zero-order chi connectivity index (χ0) is 23.9. The van der Waals surface area contributed by atoms with Gasteiger partial charge in [0.05, 0.1) is 11.0 Å². The standard InChI is InChI=1S/C31H22N2.C2H6/c1-32-28-13-7-5-12-25(28)27-19-21(16-18-29(27)32)22-15-17-26-24-11-6-8-14-30(24)33(31(26)20-22)23-9-3-2-4-10-23;1-2/h2-20H,1H3;1-2H3. The molecule has 2 heteroatoms. The Hall–Kier alpha value is -4.30. The Bertz CT molecular complexity index is 1820. The number of rotatable bonds is 2. The minimum atomic E-state index is 1.19. The van der Waals surface area contributed by atoms with Crippen LogP contribution in [0.1, 0.15) is 13.8 Å². The Morgan fingerprint density at radius 3 is 1.74 bits per heavy atom. The van der Waals surface area contributed by atoms with Crippen LogP contribution in [0.5, 0.6) is 0 Å². The van der Waals surface area contributed by atoms with Crippen LogP contribution >= 0.6 is 0 Å². The predicted octanol–water partition coefficient (Wildman–Crippen LogP) is 9.12. The van der Waals surface area contributed by atoms with E-state index in [2.05, 4.69) is 131 Å². The van der Waals surface area contributed by atoms with Crippen molar-refractivity contribution in [1.29, 1.82) is 0 Å². The van der Waals surface area contributed by atoms with E-state index in [4.69, 9.17) is 0 Å². The summed E-state index contributed by atoms with van der Waals surface area (Å²) in [6.45, 7) is 4.00. The molecule has 0 saturated heterocycles. The van der Waals surface area contributed by atoms with Crippen molar-refractivity contribution in [2.24, 2.45) is 7.05 Å². The molecule has 0 amide bonds. The number of benzene rings is 5. The van der Waals surface area contributed by atoms with Gasteiger partial charge in [-0.05, 0) is 53.6 Å². The molecule has 5 aromatic carbocycles. The molecule has 0 bridgehead atoms. The van der Waals surface area contributed by atoms with Gasteiger partial charge >= 0.3 is 0 Å². The number of aromatic nitrogens is 2. The minimum absolute atomic E-state index is 1.19. The van der Waals surface area contributed by atoms with Gasteiger partial charge in [0.25, 0.3) is 0 Å². The van der Waals surface area contributed by atoms with Gasteiger partial charge in [0.15, 0.2) is 0 Å². The van der Waals surface area contributed by atoms with Crippen molar-refractivity contribution in [3.63, 3.8) is 0 Å². The summed E-state index contributed by atoms with van der Waals surface area (Å²) in [5.41, 5.74) is 8.66. The number of nitrogens with zero attached hydrogens (tertiary/aromatic N) is 2. The van der Waals surface area contributed by atoms with Crippen LogP contribution < -0.4 is 0 Å². The largest absolute Gasteiger partial charge is 0.344 e. The van der Waals surface area contributed by atoms with Gasteiger partial charge in [-0.25, -0.2) is 0 Å². The van der Waals surface area contributed by atoms with Crippen molar-refractivity contribution in [2.75, 3.05) is 0 Å². The van der Waals surface area contributed by atoms with Crippen molar-refractivity contribution < 1.29 is 0 Å². The second-order valence-corrected chi connectivity index (χ2v) is 8.73. The average Bonchev–Trinajstić information content (AvgIpc) is 3.42. The van der Waals surface area contributed by atoms with Gasteiger partial charge in [0, 0.05) is 45.3 Å². The molecular weight excluding hydrogens is 424 g/mol. The normalized spacial score (nSPS) is 11.3. The van der Waals surface area contributed by atoms with Gasteiger partial charge < -0.3 is 9.13 Å². The maximum atomic E-state index is 2.38. The summed E-state index contributed by atoms with van der Waals surface area (Å²) >= 11 is 0. The summed E-state index contributed by atoms with van der Waals surface area (Å²) in [5, 5.41) is 5.17. The SMILES string of the molecule is CC.Cn1c2ccccc2c2cc(-c3ccc4c5ccccc5n(-c5ccccc5)c4c3)ccc21. The third-order valence-electron chi connectivity index (χ3n) is 6.93. The molecule has 0 radical (unpaired) electrons. The molecule has 2 nitrogen and oxygen atoms in total. The zero-order valence-electron chi connectivity index (χ0n) is 20.4. The van der Waals surface area contributed by atoms with E-state index in [1.165, 1.54) is 60.4 Å². The van der Waals surface area contributed by atoms with Crippen molar-refractivity contribution >= 4 is 43.6 Å². The highest BCUT2D eigenvalue weighted by atomic mass is 15.0. The maximum Gasteiger partial charge on any atom is 0.0547 e. The molecule has 7 rings (SSSR count). The Labute approximate surface area is 205 Å². The van der Waals surface area contributed by atoms with Gasteiger partial charge in [0.1, 0.15) is 0 Å². The molecule has 0 unspecified atom stereocenters.